The lowest BCUT2D eigenvalue weighted by molar-refractivity contribution is -0.144. The summed E-state index contributed by atoms with van der Waals surface area (Å²) in [6, 6.07) is -2.53. The molecule has 0 saturated heterocycles. The Kier molecular flexibility index (Phi) is 51.3. The molecular formula is C65H96N8O32. The van der Waals surface area contributed by atoms with Gasteiger partial charge in [-0.2, -0.15) is 0 Å². The Morgan fingerprint density at radius 2 is 0.590 bits per heavy atom. The maximum absolute atomic E-state index is 11.9. The summed E-state index contributed by atoms with van der Waals surface area (Å²) >= 11 is 0. The van der Waals surface area contributed by atoms with Gasteiger partial charge in [0.2, 0.25) is 29.5 Å². The van der Waals surface area contributed by atoms with Crippen LogP contribution in [0.4, 0.5) is 0 Å². The van der Waals surface area contributed by atoms with Crippen LogP contribution in [0.3, 0.4) is 0 Å². The first-order chi connectivity index (χ1) is 50.1. The van der Waals surface area contributed by atoms with Crippen molar-refractivity contribution < 1.29 is 154 Å². The highest BCUT2D eigenvalue weighted by Gasteiger charge is 2.28. The van der Waals surface area contributed by atoms with E-state index in [1.807, 2.05) is 0 Å². The average Bonchev–Trinajstić information content (AvgIpc) is 1.75. The van der Waals surface area contributed by atoms with Crippen molar-refractivity contribution in [1.29, 1.82) is 0 Å². The number of nitrogens with one attached hydrogen (secondary N) is 5. The summed E-state index contributed by atoms with van der Waals surface area (Å²) in [7, 11) is 0. The minimum absolute atomic E-state index is 0.00550. The van der Waals surface area contributed by atoms with Crippen molar-refractivity contribution in [2.75, 3.05) is 158 Å². The Morgan fingerprint density at radius 1 is 0.324 bits per heavy atom. The van der Waals surface area contributed by atoms with Gasteiger partial charge in [-0.15, -0.1) is 0 Å². The van der Waals surface area contributed by atoms with E-state index in [-0.39, 0.29) is 225 Å². The number of ether oxygens (including phenoxy) is 9. The van der Waals surface area contributed by atoms with Gasteiger partial charge in [-0.1, -0.05) is 0 Å². The third kappa shape index (κ3) is 48.8. The van der Waals surface area contributed by atoms with Gasteiger partial charge in [0.25, 0.3) is 35.4 Å². The van der Waals surface area contributed by atoms with E-state index in [1.54, 1.807) is 0 Å². The van der Waals surface area contributed by atoms with E-state index in [1.165, 1.54) is 31.2 Å². The van der Waals surface area contributed by atoms with Crippen molar-refractivity contribution in [3.8, 4) is 0 Å². The van der Waals surface area contributed by atoms with Crippen LogP contribution in [0.25, 0.3) is 0 Å². The zero-order chi connectivity index (χ0) is 78.2. The van der Waals surface area contributed by atoms with Crippen LogP contribution in [0.2, 0.25) is 0 Å². The molecule has 105 heavy (non-hydrogen) atoms. The molecule has 0 aromatic rings. The Balaban J connectivity index is 0.000000790. The van der Waals surface area contributed by atoms with Gasteiger partial charge >= 0.3 is 29.8 Å². The number of carbonyl (C=O) groups is 18. The second-order valence-electron chi connectivity index (χ2n) is 22.3. The van der Waals surface area contributed by atoms with Crippen LogP contribution in [0.15, 0.2) is 36.5 Å². The molecule has 11 amide bonds. The smallest absolute Gasteiger partial charge is 0.326 e. The number of nitrogens with zero attached hydrogens (tertiary/aromatic N) is 3. The standard InChI is InChI=1S/C23H35N3O12.C23H34N2O10.C19H27N3O10/c27-18(5-8-26-20(29)2-3-21(26)30)24-7-10-36-12-14-38-16-15-37-13-11-35-9-6-19(28)25-17(23(33)34)1-4-22(31)32;1-17(26)2-3-18(23(31)32)16-19(27)7-10-33-12-14-35-15-13-34-11-8-24-20(28)6-9-25-21(29)4-5-22(25)30;23-14(5-8-22-16(25)2-3-17(22)26)20-7-10-32-12-11-31-9-6-15(24)21-13(19(29)30)1-4-18(27)28/h2-3,17H,1,4-16H2,(H,24,27)(H,25,28)(H,31,32)(H,33,34);4-5,18H,2-3,6-16H2,1H3,(H,24,28)(H,31,32);2-3,13H,1,4-12H2,(H,20,23)(H,21,24)(H,27,28)(H,29,30). The van der Waals surface area contributed by atoms with Crippen molar-refractivity contribution in [3.63, 3.8) is 0 Å². The fourth-order valence-corrected chi connectivity index (χ4v) is 8.44. The predicted octanol–water partition coefficient (Wildman–Crippen LogP) is -3.53. The Morgan fingerprint density at radius 3 is 0.848 bits per heavy atom. The van der Waals surface area contributed by atoms with Gasteiger partial charge < -0.3 is 99.5 Å². The zero-order valence-electron chi connectivity index (χ0n) is 58.5. The van der Waals surface area contributed by atoms with E-state index in [0.717, 1.165) is 26.9 Å². The zero-order valence-corrected chi connectivity index (χ0v) is 58.5. The van der Waals surface area contributed by atoms with Crippen molar-refractivity contribution in [2.45, 2.75) is 102 Å². The normalized spacial score (nSPS) is 13.7. The monoisotopic (exact) mass is 1500 g/mol. The first-order valence-electron chi connectivity index (χ1n) is 33.4. The number of carboxylic acid groups (broad SMARTS) is 5. The van der Waals surface area contributed by atoms with E-state index in [9.17, 15) is 86.3 Å². The predicted molar refractivity (Wildman–Crippen MR) is 355 cm³/mol. The molecule has 0 aromatic heterocycles. The van der Waals surface area contributed by atoms with Crippen LogP contribution in [0, 0.1) is 5.92 Å². The number of aliphatic carboxylic acids is 5. The maximum Gasteiger partial charge on any atom is 0.326 e. The van der Waals surface area contributed by atoms with Crippen molar-refractivity contribution in [3.05, 3.63) is 36.5 Å². The number of imide groups is 3. The molecule has 0 saturated carbocycles. The van der Waals surface area contributed by atoms with Gasteiger partial charge in [-0.3, -0.25) is 86.6 Å². The topological polar surface area (TPSA) is 561 Å². The molecule has 3 rings (SSSR count). The summed E-state index contributed by atoms with van der Waals surface area (Å²) in [5, 5.41) is 56.6. The molecule has 3 atom stereocenters. The van der Waals surface area contributed by atoms with E-state index >= 15 is 0 Å². The molecule has 40 nitrogen and oxygen atoms in total. The fraction of sp³-hybridized carbons (Fsp3) is 0.631. The minimum Gasteiger partial charge on any atom is -0.481 e. The number of amides is 11. The SMILES string of the molecule is CC(=O)CCC(CC(=O)CCOCCOCCOCCNC(=O)CCN1C(=O)C=CC1=O)C(=O)O.O=C(O)CCC(NC(=O)CCOCCOCCNC(=O)CCN1C(=O)C=CC1=O)C(=O)O.O=C(O)CCC(NC(=O)CCOCCOCCOCCOCCNC(=O)CCN1C(=O)C=CC1=O)C(=O)O. The molecular weight excluding hydrogens is 1400 g/mol. The van der Waals surface area contributed by atoms with Crippen molar-refractivity contribution >= 4 is 106 Å². The number of hydrogen-bond donors (Lipinski definition) is 10. The molecule has 3 aliphatic rings. The van der Waals surface area contributed by atoms with Gasteiger partial charge in [0.15, 0.2) is 0 Å². The largest absolute Gasteiger partial charge is 0.481 e. The molecule has 0 spiro atoms. The molecule has 40 heteroatoms. The van der Waals surface area contributed by atoms with E-state index in [4.69, 9.17) is 68.2 Å². The summed E-state index contributed by atoms with van der Waals surface area (Å²) < 4.78 is 47.6. The lowest BCUT2D eigenvalue weighted by Crippen LogP contribution is -2.41. The highest BCUT2D eigenvalue weighted by Crippen LogP contribution is 2.14. The lowest BCUT2D eigenvalue weighted by atomic mass is 9.95. The van der Waals surface area contributed by atoms with Crippen molar-refractivity contribution in [1.82, 2.24) is 41.3 Å². The second-order valence-corrected chi connectivity index (χ2v) is 22.3. The second kappa shape index (κ2) is 57.7. The fourth-order valence-electron chi connectivity index (χ4n) is 8.44. The van der Waals surface area contributed by atoms with Crippen LogP contribution in [0.1, 0.15) is 90.4 Å². The van der Waals surface area contributed by atoms with Crippen LogP contribution < -0.4 is 26.6 Å². The third-order valence-corrected chi connectivity index (χ3v) is 14.0. The summed E-state index contributed by atoms with van der Waals surface area (Å²) in [6.07, 6.45) is 5.96. The Hall–Kier alpha value is -9.68. The van der Waals surface area contributed by atoms with Crippen molar-refractivity contribution in [2.24, 2.45) is 5.92 Å². The molecule has 0 bridgehead atoms. The molecule has 10 N–H and O–H groups in total. The Bertz CT molecular complexity index is 2900. The molecule has 0 fully saturated rings. The quantitative estimate of drug-likeness (QED) is 0.0208. The molecule has 3 heterocycles. The number of hydrogen-bond acceptors (Lipinski definition) is 27. The van der Waals surface area contributed by atoms with E-state index in [0.29, 0.717) is 46.2 Å². The number of carboxylic acids is 5. The first-order valence-corrected chi connectivity index (χ1v) is 33.4. The Labute approximate surface area is 603 Å². The molecule has 0 aliphatic carbocycles. The maximum atomic E-state index is 11.9. The summed E-state index contributed by atoms with van der Waals surface area (Å²) in [6.45, 7) is 6.66. The lowest BCUT2D eigenvalue weighted by Gasteiger charge is -2.13. The van der Waals surface area contributed by atoms with Crippen LogP contribution in [-0.4, -0.2) is 317 Å². The molecule has 3 unspecified atom stereocenters. The molecule has 3 aliphatic heterocycles. The number of Topliss-reactive ketones (excluding diaryl/α,β-unsaturated/α-hetero) is 2. The highest BCUT2D eigenvalue weighted by atomic mass is 16.6. The van der Waals surface area contributed by atoms with Gasteiger partial charge in [0.05, 0.1) is 125 Å². The van der Waals surface area contributed by atoms with E-state index in [2.05, 4.69) is 26.6 Å². The highest BCUT2D eigenvalue weighted by molar-refractivity contribution is 6.14. The van der Waals surface area contributed by atoms with Gasteiger partial charge in [-0.05, 0) is 26.2 Å². The molecule has 0 aromatic carbocycles. The minimum atomic E-state index is -1.31. The number of carbonyl (C=O) groups excluding carboxylic acids is 13. The van der Waals surface area contributed by atoms with Gasteiger partial charge in [0.1, 0.15) is 23.7 Å². The van der Waals surface area contributed by atoms with E-state index < -0.39 is 95.1 Å². The first kappa shape index (κ1) is 93.3. The summed E-state index contributed by atoms with van der Waals surface area (Å²) in [5.74, 6) is -11.8. The summed E-state index contributed by atoms with van der Waals surface area (Å²) in [4.78, 5) is 207. The number of ketones is 2. The van der Waals surface area contributed by atoms with Gasteiger partial charge in [-0.25, -0.2) is 9.59 Å². The van der Waals surface area contributed by atoms with Crippen LogP contribution in [0.5, 0.6) is 0 Å². The molecule has 588 valence electrons. The van der Waals surface area contributed by atoms with Gasteiger partial charge in [0, 0.05) is 140 Å². The average molecular weight is 1500 g/mol. The van der Waals surface area contributed by atoms with Crippen LogP contribution in [-0.2, 0) is 129 Å². The summed E-state index contributed by atoms with van der Waals surface area (Å²) in [5.41, 5.74) is 0. The third-order valence-electron chi connectivity index (χ3n) is 14.0. The number of rotatable bonds is 61. The van der Waals surface area contributed by atoms with Crippen LogP contribution >= 0.6 is 0 Å². The molecule has 0 radical (unpaired) electrons.